The predicted molar refractivity (Wildman–Crippen MR) is 80.6 cm³/mol. The third kappa shape index (κ3) is 2.58. The average molecular weight is 261 g/mol. The van der Waals surface area contributed by atoms with Crippen molar-refractivity contribution in [1.29, 1.82) is 0 Å². The van der Waals surface area contributed by atoms with Gasteiger partial charge in [0.2, 0.25) is 0 Å². The number of nitrogens with zero attached hydrogens (tertiary/aromatic N) is 3. The van der Waals surface area contributed by atoms with Gasteiger partial charge in [0.15, 0.2) is 0 Å². The molecule has 0 amide bonds. The molecule has 4 heteroatoms. The Hall–Kier alpha value is -1.29. The number of benzene rings is 1. The van der Waals surface area contributed by atoms with Gasteiger partial charge in [-0.25, -0.2) is 0 Å². The van der Waals surface area contributed by atoms with Gasteiger partial charge in [0.05, 0.1) is 5.88 Å². The lowest BCUT2D eigenvalue weighted by atomic mass is 10.0. The monoisotopic (exact) mass is 261 g/mol. The number of hydrogen-bond donors (Lipinski definition) is 1. The average Bonchev–Trinajstić information content (AvgIpc) is 2.82. The van der Waals surface area contributed by atoms with Gasteiger partial charge in [-0.3, -0.25) is 0 Å². The standard InChI is InChI=1S/C14H19N3S/c1-3-17(10-18)14(16-15-2)13-8-11-6-4-5-7-12(11)9-13/h4-7,13,18H,2-3,8-10H2,1H3/b16-14-. The van der Waals surface area contributed by atoms with Crippen molar-refractivity contribution in [3.63, 3.8) is 0 Å². The molecule has 0 spiro atoms. The zero-order chi connectivity index (χ0) is 13.0. The SMILES string of the molecule is C=N/N=C(/C1Cc2ccccc2C1)N(CC)CS. The third-order valence-corrected chi connectivity index (χ3v) is 3.81. The molecule has 0 heterocycles. The second-order valence-electron chi connectivity index (χ2n) is 4.47. The molecule has 1 aromatic rings. The molecule has 3 nitrogen and oxygen atoms in total. The molecule has 1 aliphatic rings. The third-order valence-electron chi connectivity index (χ3n) is 3.47. The van der Waals surface area contributed by atoms with Crippen molar-refractivity contribution in [3.8, 4) is 0 Å². The minimum Gasteiger partial charge on any atom is -0.350 e. The van der Waals surface area contributed by atoms with E-state index in [-0.39, 0.29) is 0 Å². The minimum absolute atomic E-state index is 0.403. The Labute approximate surface area is 114 Å². The van der Waals surface area contributed by atoms with E-state index in [1.807, 2.05) is 0 Å². The fourth-order valence-corrected chi connectivity index (χ4v) is 2.90. The quantitative estimate of drug-likeness (QED) is 0.291. The van der Waals surface area contributed by atoms with Crippen LogP contribution in [0.2, 0.25) is 0 Å². The molecule has 0 saturated carbocycles. The van der Waals surface area contributed by atoms with E-state index in [1.54, 1.807) is 0 Å². The zero-order valence-electron chi connectivity index (χ0n) is 10.7. The van der Waals surface area contributed by atoms with Gasteiger partial charge < -0.3 is 4.90 Å². The summed E-state index contributed by atoms with van der Waals surface area (Å²) in [5, 5.41) is 7.96. The topological polar surface area (TPSA) is 28.0 Å². The zero-order valence-corrected chi connectivity index (χ0v) is 11.6. The van der Waals surface area contributed by atoms with Gasteiger partial charge in [-0.15, -0.1) is 5.10 Å². The molecule has 96 valence electrons. The number of amidine groups is 1. The Morgan fingerprint density at radius 3 is 2.44 bits per heavy atom. The van der Waals surface area contributed by atoms with Crippen LogP contribution in [0.1, 0.15) is 18.1 Å². The Morgan fingerprint density at radius 2 is 2.00 bits per heavy atom. The van der Waals surface area contributed by atoms with Crippen LogP contribution in [0, 0.1) is 5.92 Å². The summed E-state index contributed by atoms with van der Waals surface area (Å²) in [7, 11) is 0. The maximum atomic E-state index is 4.37. The predicted octanol–water partition coefficient (Wildman–Crippen LogP) is 2.62. The highest BCUT2D eigenvalue weighted by Gasteiger charge is 2.28. The Kier molecular flexibility index (Phi) is 4.42. The molecular weight excluding hydrogens is 242 g/mol. The van der Waals surface area contributed by atoms with E-state index < -0.39 is 0 Å². The molecule has 1 aliphatic carbocycles. The molecule has 0 N–H and O–H groups in total. The summed E-state index contributed by atoms with van der Waals surface area (Å²) in [6.45, 7) is 6.48. The van der Waals surface area contributed by atoms with E-state index in [1.165, 1.54) is 11.1 Å². The second-order valence-corrected chi connectivity index (χ2v) is 4.75. The highest BCUT2D eigenvalue weighted by Crippen LogP contribution is 2.28. The smallest absolute Gasteiger partial charge is 0.131 e. The second kappa shape index (κ2) is 6.05. The first-order valence-corrected chi connectivity index (χ1v) is 6.89. The number of hydrogen-bond acceptors (Lipinski definition) is 3. The van der Waals surface area contributed by atoms with Crippen molar-refractivity contribution in [1.82, 2.24) is 4.90 Å². The fourth-order valence-electron chi connectivity index (χ4n) is 2.55. The van der Waals surface area contributed by atoms with Crippen LogP contribution in [0.25, 0.3) is 0 Å². The van der Waals surface area contributed by atoms with Crippen LogP contribution in [0.3, 0.4) is 0 Å². The maximum absolute atomic E-state index is 4.37. The van der Waals surface area contributed by atoms with Gasteiger partial charge in [-0.1, -0.05) is 24.3 Å². The minimum atomic E-state index is 0.403. The van der Waals surface area contributed by atoms with E-state index in [0.717, 1.165) is 25.2 Å². The lowest BCUT2D eigenvalue weighted by molar-refractivity contribution is 0.474. The van der Waals surface area contributed by atoms with E-state index in [2.05, 4.69) is 65.6 Å². The first kappa shape index (κ1) is 13.1. The highest BCUT2D eigenvalue weighted by atomic mass is 32.1. The van der Waals surface area contributed by atoms with Crippen LogP contribution < -0.4 is 0 Å². The van der Waals surface area contributed by atoms with E-state index in [4.69, 9.17) is 0 Å². The van der Waals surface area contributed by atoms with Gasteiger partial charge >= 0.3 is 0 Å². The molecule has 0 saturated heterocycles. The molecule has 0 bridgehead atoms. The highest BCUT2D eigenvalue weighted by molar-refractivity contribution is 7.80. The van der Waals surface area contributed by atoms with Crippen molar-refractivity contribution >= 4 is 25.2 Å². The van der Waals surface area contributed by atoms with Crippen molar-refractivity contribution in [2.45, 2.75) is 19.8 Å². The first-order chi connectivity index (χ1) is 8.80. The summed E-state index contributed by atoms with van der Waals surface area (Å²) < 4.78 is 0. The van der Waals surface area contributed by atoms with Crippen LogP contribution >= 0.6 is 12.6 Å². The molecule has 0 unspecified atom stereocenters. The van der Waals surface area contributed by atoms with E-state index in [0.29, 0.717) is 11.8 Å². The molecule has 18 heavy (non-hydrogen) atoms. The molecule has 0 fully saturated rings. The van der Waals surface area contributed by atoms with Crippen LogP contribution in [0.15, 0.2) is 34.5 Å². The van der Waals surface area contributed by atoms with Crippen LogP contribution in [0.5, 0.6) is 0 Å². The van der Waals surface area contributed by atoms with Gasteiger partial charge in [0, 0.05) is 19.2 Å². The lowest BCUT2D eigenvalue weighted by Crippen LogP contribution is -2.35. The van der Waals surface area contributed by atoms with E-state index >= 15 is 0 Å². The Balaban J connectivity index is 2.21. The maximum Gasteiger partial charge on any atom is 0.131 e. The summed E-state index contributed by atoms with van der Waals surface area (Å²) >= 11 is 4.37. The Morgan fingerprint density at radius 1 is 1.39 bits per heavy atom. The molecule has 0 atom stereocenters. The van der Waals surface area contributed by atoms with Crippen molar-refractivity contribution < 1.29 is 0 Å². The van der Waals surface area contributed by atoms with Crippen molar-refractivity contribution in [2.24, 2.45) is 16.1 Å². The summed E-state index contributed by atoms with van der Waals surface area (Å²) in [6, 6.07) is 8.59. The van der Waals surface area contributed by atoms with Crippen LogP contribution in [-0.4, -0.2) is 29.9 Å². The van der Waals surface area contributed by atoms with Crippen LogP contribution in [0.4, 0.5) is 0 Å². The number of fused-ring (bicyclic) bond motifs is 1. The molecule has 1 aromatic carbocycles. The molecule has 2 rings (SSSR count). The summed E-state index contributed by atoms with van der Waals surface area (Å²) in [4.78, 5) is 2.15. The van der Waals surface area contributed by atoms with E-state index in [9.17, 15) is 0 Å². The molecule has 0 radical (unpaired) electrons. The number of thiol groups is 1. The van der Waals surface area contributed by atoms with Crippen LogP contribution in [-0.2, 0) is 12.8 Å². The van der Waals surface area contributed by atoms with Crippen molar-refractivity contribution in [3.05, 3.63) is 35.4 Å². The van der Waals surface area contributed by atoms with Crippen molar-refractivity contribution in [2.75, 3.05) is 12.4 Å². The first-order valence-electron chi connectivity index (χ1n) is 6.26. The van der Waals surface area contributed by atoms with Gasteiger partial charge in [-0.05, 0) is 30.9 Å². The summed E-state index contributed by atoms with van der Waals surface area (Å²) in [6.07, 6.45) is 2.07. The van der Waals surface area contributed by atoms with Gasteiger partial charge in [0.25, 0.3) is 0 Å². The molecular formula is C14H19N3S. The number of rotatable bonds is 4. The summed E-state index contributed by atoms with van der Waals surface area (Å²) in [5.74, 6) is 2.08. The molecule has 0 aromatic heterocycles. The Bertz CT molecular complexity index is 427. The van der Waals surface area contributed by atoms with Gasteiger partial charge in [-0.2, -0.15) is 17.7 Å². The lowest BCUT2D eigenvalue weighted by Gasteiger charge is -2.25. The summed E-state index contributed by atoms with van der Waals surface area (Å²) in [5.41, 5.74) is 2.85. The molecule has 0 aliphatic heterocycles. The largest absolute Gasteiger partial charge is 0.350 e. The van der Waals surface area contributed by atoms with Gasteiger partial charge in [0.1, 0.15) is 5.84 Å². The normalized spacial score (nSPS) is 15.6. The fraction of sp³-hybridized carbons (Fsp3) is 0.429.